The lowest BCUT2D eigenvalue weighted by Crippen LogP contribution is -1.92. The van der Waals surface area contributed by atoms with Crippen molar-refractivity contribution >= 4 is 269 Å². The van der Waals surface area contributed by atoms with Crippen molar-refractivity contribution < 1.29 is 20.4 Å². The van der Waals surface area contributed by atoms with E-state index in [2.05, 4.69) is 174 Å². The van der Waals surface area contributed by atoms with Crippen molar-refractivity contribution in [3.63, 3.8) is 0 Å². The number of phenolic OH excluding ortho intramolecular Hbond substituents is 4. The van der Waals surface area contributed by atoms with Crippen LogP contribution in [0, 0.1) is 31.3 Å². The molecule has 4 N–H and O–H groups in total. The third-order valence-electron chi connectivity index (χ3n) is 11.5. The molecule has 0 spiro atoms. The van der Waals surface area contributed by atoms with Gasteiger partial charge in [-0.25, -0.2) is 39.9 Å². The first-order chi connectivity index (χ1) is 35.9. The number of rotatable bonds is 0. The standard InChI is InChI=1S/2C13H7Br3N2O.C13H7BrCl2N2O.C13H7Cl2IN2O/c2*1-5-2-8(16)11-12(13(5)19)18-10-4-7(15)6(14)3-9(10)17-11;1-5-2-6(14)11-12(13(5)19)18-10-4-8(16)7(15)3-9(10)17-11;1-5-2-8(16)11-12(13(5)19)18-10-4-7(15)6(14)3-9(10)17-11/h4*2-4,19H,1H3. The Kier molecular flexibility index (Phi) is 17.3. The average molecular weight is 1660 g/mol. The van der Waals surface area contributed by atoms with E-state index in [1.165, 1.54) is 0 Å². The summed E-state index contributed by atoms with van der Waals surface area (Å²) in [7, 11) is 0. The highest BCUT2D eigenvalue weighted by Crippen LogP contribution is 2.39. The van der Waals surface area contributed by atoms with Gasteiger partial charge in [-0.2, -0.15) is 0 Å². The molecule has 0 saturated carbocycles. The highest BCUT2D eigenvalue weighted by molar-refractivity contribution is 14.1. The van der Waals surface area contributed by atoms with Gasteiger partial charge in [0.1, 0.15) is 67.1 Å². The molecule has 12 rings (SSSR count). The zero-order valence-electron chi connectivity index (χ0n) is 38.8. The molecule has 12 aromatic rings. The van der Waals surface area contributed by atoms with Gasteiger partial charge in [0.25, 0.3) is 0 Å². The van der Waals surface area contributed by atoms with Crippen molar-refractivity contribution in [2.24, 2.45) is 0 Å². The van der Waals surface area contributed by atoms with E-state index in [-0.39, 0.29) is 23.0 Å². The molecule has 0 unspecified atom stereocenters. The van der Waals surface area contributed by atoms with E-state index in [9.17, 15) is 20.4 Å². The zero-order valence-corrected chi connectivity index (χ0v) is 55.1. The summed E-state index contributed by atoms with van der Waals surface area (Å²) in [4.78, 5) is 36.0. The van der Waals surface area contributed by atoms with Crippen LogP contribution < -0.4 is 0 Å². The fraction of sp³-hybridized carbons (Fsp3) is 0.0769. The number of aryl methyl sites for hydroxylation is 4. The van der Waals surface area contributed by atoms with E-state index in [0.717, 1.165) is 79.2 Å². The van der Waals surface area contributed by atoms with Crippen LogP contribution in [0.25, 0.3) is 88.3 Å². The van der Waals surface area contributed by atoms with Crippen LogP contribution in [0.15, 0.2) is 104 Å². The van der Waals surface area contributed by atoms with E-state index >= 15 is 0 Å². The van der Waals surface area contributed by atoms with Gasteiger partial charge in [-0.15, -0.1) is 0 Å². The molecule has 8 aromatic carbocycles. The highest BCUT2D eigenvalue weighted by Gasteiger charge is 2.17. The van der Waals surface area contributed by atoms with Crippen molar-refractivity contribution in [3.05, 3.63) is 150 Å². The maximum Gasteiger partial charge on any atom is 0.146 e. The predicted octanol–water partition coefficient (Wildman–Crippen LogP) is 19.7. The lowest BCUT2D eigenvalue weighted by Gasteiger charge is -2.08. The number of aromatic nitrogens is 8. The Morgan fingerprint density at radius 1 is 0.289 bits per heavy atom. The summed E-state index contributed by atoms with van der Waals surface area (Å²) in [5.74, 6) is 0.618. The Bertz CT molecular complexity index is 3910. The molecule has 4 heterocycles. The highest BCUT2D eigenvalue weighted by atomic mass is 127. The summed E-state index contributed by atoms with van der Waals surface area (Å²) in [5.41, 5.74) is 13.0. The number of nitrogens with zero attached hydrogens (tertiary/aromatic N) is 8. The van der Waals surface area contributed by atoms with Crippen LogP contribution in [0.3, 0.4) is 0 Å². The Balaban J connectivity index is 0.000000124. The van der Waals surface area contributed by atoms with Gasteiger partial charge in [-0.1, -0.05) is 46.4 Å². The quantitative estimate of drug-likeness (QED) is 0.0834. The van der Waals surface area contributed by atoms with E-state index in [4.69, 9.17) is 46.4 Å². The summed E-state index contributed by atoms with van der Waals surface area (Å²) in [6.45, 7) is 7.31. The van der Waals surface area contributed by atoms with Gasteiger partial charge in [-0.05, 0) is 257 Å². The molecule has 0 fully saturated rings. The molecule has 0 bridgehead atoms. The lowest BCUT2D eigenvalue weighted by molar-refractivity contribution is 0.475. The smallest absolute Gasteiger partial charge is 0.146 e. The molecule has 0 atom stereocenters. The van der Waals surface area contributed by atoms with Gasteiger partial charge in [0.15, 0.2) is 0 Å². The number of benzene rings is 8. The second-order valence-corrected chi connectivity index (χ2v) is 25.6. The third-order valence-corrected chi connectivity index (χ3v) is 19.3. The number of phenols is 4. The molecule has 0 aliphatic rings. The molecule has 384 valence electrons. The Morgan fingerprint density at radius 3 is 0.750 bits per heavy atom. The van der Waals surface area contributed by atoms with Gasteiger partial charge in [0, 0.05) is 34.9 Å². The normalized spacial score (nSPS) is 11.4. The number of fused-ring (bicyclic) bond motifs is 8. The fourth-order valence-corrected chi connectivity index (χ4v) is 12.2. The summed E-state index contributed by atoms with van der Waals surface area (Å²) in [6, 6.07) is 21.5. The minimum atomic E-state index is 0.124. The molecule has 0 aliphatic carbocycles. The largest absolute Gasteiger partial charge is 0.505 e. The number of hydrogen-bond acceptors (Lipinski definition) is 12. The molecule has 12 nitrogen and oxygen atoms in total. The Labute approximate surface area is 523 Å². The van der Waals surface area contributed by atoms with Crippen LogP contribution in [0.1, 0.15) is 22.3 Å². The first kappa shape index (κ1) is 57.3. The van der Waals surface area contributed by atoms with Crippen molar-refractivity contribution in [1.29, 1.82) is 0 Å². The van der Waals surface area contributed by atoms with Crippen molar-refractivity contribution in [2.75, 3.05) is 0 Å². The second-order valence-electron chi connectivity index (χ2n) is 16.8. The van der Waals surface area contributed by atoms with Crippen molar-refractivity contribution in [2.45, 2.75) is 27.7 Å². The van der Waals surface area contributed by atoms with Crippen LogP contribution in [0.4, 0.5) is 0 Å². The summed E-state index contributed by atoms with van der Waals surface area (Å²) >= 11 is 50.2. The van der Waals surface area contributed by atoms with Crippen LogP contribution in [0.2, 0.25) is 20.1 Å². The van der Waals surface area contributed by atoms with Crippen LogP contribution in [-0.4, -0.2) is 60.3 Å². The van der Waals surface area contributed by atoms with E-state index < -0.39 is 0 Å². The minimum Gasteiger partial charge on any atom is -0.505 e. The predicted molar refractivity (Wildman–Crippen MR) is 340 cm³/mol. The topological polar surface area (TPSA) is 184 Å². The minimum absolute atomic E-state index is 0.124. The van der Waals surface area contributed by atoms with Crippen LogP contribution in [0.5, 0.6) is 23.0 Å². The Hall–Kier alpha value is -3.39. The molecule has 24 heteroatoms. The average Bonchev–Trinajstić information content (AvgIpc) is 3.37. The van der Waals surface area contributed by atoms with E-state index in [1.54, 1.807) is 37.3 Å². The molecule has 76 heavy (non-hydrogen) atoms. The first-order valence-corrected chi connectivity index (χ1v) is 29.8. The molecule has 0 amide bonds. The molecule has 0 radical (unpaired) electrons. The number of aromatic hydroxyl groups is 4. The van der Waals surface area contributed by atoms with E-state index in [1.807, 2.05) is 63.2 Å². The maximum atomic E-state index is 10.1. The van der Waals surface area contributed by atoms with Crippen molar-refractivity contribution in [3.8, 4) is 23.0 Å². The third kappa shape index (κ3) is 11.5. The second kappa shape index (κ2) is 23.0. The molecular formula is C52H28Br7Cl4IN8O4. The molecule has 4 aromatic heterocycles. The van der Waals surface area contributed by atoms with Gasteiger partial charge in [0.2, 0.25) is 0 Å². The van der Waals surface area contributed by atoms with Gasteiger partial charge in [0.05, 0.1) is 64.2 Å². The SMILES string of the molecule is Cc1cc(Br)c2nc3cc(Br)c(Br)cc3nc2c1O.Cc1cc(Br)c2nc3cc(Br)c(Br)cc3nc2c1O.Cc1cc(Br)c2nc3cc(Cl)c(Cl)cc3nc2c1O.Cc1cc(I)c2nc3cc(Cl)c(Cl)cc3nc2c1O. The van der Waals surface area contributed by atoms with Gasteiger partial charge in [-0.3, -0.25) is 0 Å². The van der Waals surface area contributed by atoms with Crippen LogP contribution in [-0.2, 0) is 0 Å². The molecule has 0 aliphatic heterocycles. The number of hydrogen-bond donors (Lipinski definition) is 4. The summed E-state index contributed by atoms with van der Waals surface area (Å²) in [6.07, 6.45) is 0. The molecule has 0 saturated heterocycles. The monoisotopic (exact) mass is 1650 g/mol. The Morgan fingerprint density at radius 2 is 0.487 bits per heavy atom. The molecular weight excluding hydrogens is 1630 g/mol. The zero-order chi connectivity index (χ0) is 54.9. The van der Waals surface area contributed by atoms with Gasteiger partial charge >= 0.3 is 0 Å². The van der Waals surface area contributed by atoms with Gasteiger partial charge < -0.3 is 20.4 Å². The van der Waals surface area contributed by atoms with Crippen molar-refractivity contribution in [1.82, 2.24) is 39.9 Å². The lowest BCUT2D eigenvalue weighted by atomic mass is 10.1. The summed E-state index contributed by atoms with van der Waals surface area (Å²) in [5, 5.41) is 42.1. The van der Waals surface area contributed by atoms with E-state index in [0.29, 0.717) is 86.3 Å². The summed E-state index contributed by atoms with van der Waals surface area (Å²) < 4.78 is 7.00. The van der Waals surface area contributed by atoms with Crippen LogP contribution >= 0.6 is 181 Å². The maximum absolute atomic E-state index is 10.1. The fourth-order valence-electron chi connectivity index (χ4n) is 7.59. The number of halogens is 12. The first-order valence-electron chi connectivity index (χ1n) is 21.7.